The number of aryl methyl sites for hydroxylation is 2. The minimum atomic E-state index is 0.272. The Labute approximate surface area is 119 Å². The molecule has 0 fully saturated rings. The molecule has 0 saturated heterocycles. The summed E-state index contributed by atoms with van der Waals surface area (Å²) < 4.78 is 2.13. The first kappa shape index (κ1) is 14.3. The maximum absolute atomic E-state index is 4.46. The molecule has 0 bridgehead atoms. The summed E-state index contributed by atoms with van der Waals surface area (Å²) in [6, 6.07) is 4.65. The van der Waals surface area contributed by atoms with Crippen molar-refractivity contribution in [2.75, 3.05) is 6.54 Å². The third-order valence-corrected chi connectivity index (χ3v) is 4.34. The molecule has 2 aromatic heterocycles. The number of nitrogens with zero attached hydrogens (tertiary/aromatic N) is 2. The van der Waals surface area contributed by atoms with Gasteiger partial charge in [-0.25, -0.2) is 0 Å². The third kappa shape index (κ3) is 3.07. The second-order valence-corrected chi connectivity index (χ2v) is 5.58. The summed E-state index contributed by atoms with van der Waals surface area (Å²) in [5.41, 5.74) is 2.72. The molecule has 1 N–H and O–H groups in total. The molecule has 0 aliphatic rings. The van der Waals surface area contributed by atoms with Crippen LogP contribution >= 0.6 is 11.3 Å². The summed E-state index contributed by atoms with van der Waals surface area (Å²) in [6.07, 6.45) is 4.11. The van der Waals surface area contributed by atoms with Gasteiger partial charge in [0.05, 0.1) is 11.7 Å². The lowest BCUT2D eigenvalue weighted by Crippen LogP contribution is -2.25. The second kappa shape index (κ2) is 6.87. The van der Waals surface area contributed by atoms with Crippen LogP contribution in [0.2, 0.25) is 0 Å². The smallest absolute Gasteiger partial charge is 0.0844 e. The van der Waals surface area contributed by atoms with E-state index in [4.69, 9.17) is 0 Å². The largest absolute Gasteiger partial charge is 0.305 e. The van der Waals surface area contributed by atoms with E-state index in [0.29, 0.717) is 0 Å². The number of hydrogen-bond acceptors (Lipinski definition) is 3. The lowest BCUT2D eigenvalue weighted by molar-refractivity contribution is 0.522. The predicted octanol–water partition coefficient (Wildman–Crippen LogP) is 3.62. The van der Waals surface area contributed by atoms with Gasteiger partial charge < -0.3 is 5.32 Å². The predicted molar refractivity (Wildman–Crippen MR) is 81.7 cm³/mol. The maximum Gasteiger partial charge on any atom is 0.0844 e. The third-order valence-electron chi connectivity index (χ3n) is 3.31. The first-order valence-corrected chi connectivity index (χ1v) is 8.01. The van der Waals surface area contributed by atoms with Gasteiger partial charge in [-0.15, -0.1) is 11.3 Å². The van der Waals surface area contributed by atoms with Crippen molar-refractivity contribution < 1.29 is 0 Å². The highest BCUT2D eigenvalue weighted by molar-refractivity contribution is 7.10. The average Bonchev–Trinajstić information content (AvgIpc) is 3.05. The summed E-state index contributed by atoms with van der Waals surface area (Å²) in [4.78, 5) is 1.43. The van der Waals surface area contributed by atoms with E-state index < -0.39 is 0 Å². The number of rotatable bonds is 7. The Bertz CT molecular complexity index is 501. The molecule has 104 valence electrons. The number of aromatic nitrogens is 2. The van der Waals surface area contributed by atoms with Gasteiger partial charge in [0, 0.05) is 17.6 Å². The summed E-state index contributed by atoms with van der Waals surface area (Å²) >= 11 is 1.84. The van der Waals surface area contributed by atoms with Crippen molar-refractivity contribution in [1.29, 1.82) is 0 Å². The highest BCUT2D eigenvalue weighted by atomic mass is 32.1. The zero-order chi connectivity index (χ0) is 13.7. The van der Waals surface area contributed by atoms with E-state index >= 15 is 0 Å². The zero-order valence-electron chi connectivity index (χ0n) is 12.0. The van der Waals surface area contributed by atoms with E-state index in [1.807, 2.05) is 17.5 Å². The van der Waals surface area contributed by atoms with Crippen molar-refractivity contribution in [3.8, 4) is 0 Å². The van der Waals surface area contributed by atoms with Gasteiger partial charge in [0.25, 0.3) is 0 Å². The van der Waals surface area contributed by atoms with Crippen LogP contribution in [0.4, 0.5) is 0 Å². The fraction of sp³-hybridized carbons (Fsp3) is 0.533. The highest BCUT2D eigenvalue weighted by Crippen LogP contribution is 2.30. The van der Waals surface area contributed by atoms with Crippen molar-refractivity contribution in [1.82, 2.24) is 15.1 Å². The first-order valence-electron chi connectivity index (χ1n) is 7.13. The lowest BCUT2D eigenvalue weighted by atomic mass is 10.1. The SMILES string of the molecule is CCCn1nccc1C(NCC)c1sccc1CC. The topological polar surface area (TPSA) is 29.9 Å². The van der Waals surface area contributed by atoms with E-state index in [-0.39, 0.29) is 6.04 Å². The van der Waals surface area contributed by atoms with E-state index in [2.05, 4.69) is 53.4 Å². The molecule has 0 spiro atoms. The molecule has 3 nitrogen and oxygen atoms in total. The Hall–Kier alpha value is -1.13. The standard InChI is InChI=1S/C15H23N3S/c1-4-10-18-13(7-9-17-18)14(16-6-3)15-12(5-2)8-11-19-15/h7-9,11,14,16H,4-6,10H2,1-3H3. The summed E-state index contributed by atoms with van der Waals surface area (Å²) in [7, 11) is 0. The van der Waals surface area contributed by atoms with Gasteiger partial charge in [0.15, 0.2) is 0 Å². The van der Waals surface area contributed by atoms with Crippen molar-refractivity contribution in [2.45, 2.75) is 46.2 Å². The van der Waals surface area contributed by atoms with Crippen LogP contribution in [0.15, 0.2) is 23.7 Å². The van der Waals surface area contributed by atoms with Gasteiger partial charge in [0.2, 0.25) is 0 Å². The van der Waals surface area contributed by atoms with Gasteiger partial charge in [-0.2, -0.15) is 5.10 Å². The minimum Gasteiger partial charge on any atom is -0.305 e. The molecule has 2 aromatic rings. The van der Waals surface area contributed by atoms with Crippen LogP contribution in [0.1, 0.15) is 49.4 Å². The van der Waals surface area contributed by atoms with Crippen LogP contribution in [-0.2, 0) is 13.0 Å². The van der Waals surface area contributed by atoms with Crippen LogP contribution in [0.3, 0.4) is 0 Å². The molecule has 0 saturated carbocycles. The van der Waals surface area contributed by atoms with Crippen LogP contribution < -0.4 is 5.32 Å². The molecule has 2 heterocycles. The average molecular weight is 277 g/mol. The molecule has 0 aliphatic carbocycles. The molecule has 0 aromatic carbocycles. The molecule has 1 unspecified atom stereocenters. The molecule has 0 aliphatic heterocycles. The molecule has 0 amide bonds. The first-order chi connectivity index (χ1) is 9.31. The summed E-state index contributed by atoms with van der Waals surface area (Å²) in [5, 5.41) is 10.3. The van der Waals surface area contributed by atoms with E-state index in [0.717, 1.165) is 25.9 Å². The van der Waals surface area contributed by atoms with Crippen molar-refractivity contribution >= 4 is 11.3 Å². The Kier molecular flexibility index (Phi) is 5.16. The Balaban J connectivity index is 2.36. The molecular weight excluding hydrogens is 254 g/mol. The van der Waals surface area contributed by atoms with Crippen molar-refractivity contribution in [3.05, 3.63) is 39.8 Å². The minimum absolute atomic E-state index is 0.272. The van der Waals surface area contributed by atoms with Crippen LogP contribution in [-0.4, -0.2) is 16.3 Å². The number of hydrogen-bond donors (Lipinski definition) is 1. The highest BCUT2D eigenvalue weighted by Gasteiger charge is 2.20. The summed E-state index contributed by atoms with van der Waals surface area (Å²) in [6.45, 7) is 8.51. The monoisotopic (exact) mass is 277 g/mol. The second-order valence-electron chi connectivity index (χ2n) is 4.63. The molecule has 2 rings (SSSR count). The van der Waals surface area contributed by atoms with Gasteiger partial charge in [-0.1, -0.05) is 20.8 Å². The van der Waals surface area contributed by atoms with Crippen LogP contribution in [0.5, 0.6) is 0 Å². The molecular formula is C15H23N3S. The van der Waals surface area contributed by atoms with E-state index in [9.17, 15) is 0 Å². The fourth-order valence-corrected chi connectivity index (χ4v) is 3.50. The normalized spacial score (nSPS) is 12.8. The fourth-order valence-electron chi connectivity index (χ4n) is 2.42. The lowest BCUT2D eigenvalue weighted by Gasteiger charge is -2.19. The molecule has 1 atom stereocenters. The maximum atomic E-state index is 4.46. The quantitative estimate of drug-likeness (QED) is 0.838. The van der Waals surface area contributed by atoms with E-state index in [1.165, 1.54) is 16.1 Å². The Morgan fingerprint density at radius 3 is 2.84 bits per heavy atom. The van der Waals surface area contributed by atoms with Gasteiger partial charge in [-0.3, -0.25) is 4.68 Å². The number of nitrogens with one attached hydrogen (secondary N) is 1. The van der Waals surface area contributed by atoms with Crippen LogP contribution in [0.25, 0.3) is 0 Å². The summed E-state index contributed by atoms with van der Waals surface area (Å²) in [5.74, 6) is 0. The Morgan fingerprint density at radius 1 is 1.32 bits per heavy atom. The van der Waals surface area contributed by atoms with Crippen LogP contribution in [0, 0.1) is 0 Å². The van der Waals surface area contributed by atoms with Gasteiger partial charge >= 0.3 is 0 Å². The van der Waals surface area contributed by atoms with E-state index in [1.54, 1.807) is 0 Å². The molecule has 19 heavy (non-hydrogen) atoms. The number of thiophene rings is 1. The van der Waals surface area contributed by atoms with Gasteiger partial charge in [-0.05, 0) is 42.5 Å². The zero-order valence-corrected chi connectivity index (χ0v) is 12.8. The molecule has 0 radical (unpaired) electrons. The van der Waals surface area contributed by atoms with Crippen molar-refractivity contribution in [2.24, 2.45) is 0 Å². The Morgan fingerprint density at radius 2 is 2.16 bits per heavy atom. The van der Waals surface area contributed by atoms with Crippen molar-refractivity contribution in [3.63, 3.8) is 0 Å². The molecule has 4 heteroatoms. The van der Waals surface area contributed by atoms with Gasteiger partial charge in [0.1, 0.15) is 0 Å².